The van der Waals surface area contributed by atoms with Crippen molar-refractivity contribution >= 4 is 63.5 Å². The Balaban J connectivity index is 0.939. The summed E-state index contributed by atoms with van der Waals surface area (Å²) in [5, 5.41) is 0.843. The zero-order valence-corrected chi connectivity index (χ0v) is 39.4. The highest BCUT2D eigenvalue weighted by molar-refractivity contribution is 6.29. The molecule has 0 amide bonds. The number of hydrogen-bond acceptors (Lipinski definition) is 11. The molecule has 0 aliphatic heterocycles. The summed E-state index contributed by atoms with van der Waals surface area (Å²) < 4.78 is 16.4. The molecule has 2 unspecified atom stereocenters. The number of Topliss-reactive ketones (excluding diaryl/α,β-unsaturated/α-hetero) is 1. The molecular weight excluding hydrogens is 920 g/mol. The zero-order chi connectivity index (χ0) is 48.0. The average Bonchev–Trinajstić information content (AvgIpc) is 4.00. The Kier molecular flexibility index (Phi) is 13.3. The topological polar surface area (TPSA) is 149 Å². The van der Waals surface area contributed by atoms with E-state index in [0.29, 0.717) is 69.0 Å². The van der Waals surface area contributed by atoms with Gasteiger partial charge in [-0.1, -0.05) is 144 Å². The first-order chi connectivity index (χ1) is 34.2. The Labute approximate surface area is 412 Å². The van der Waals surface area contributed by atoms with Crippen molar-refractivity contribution in [2.24, 2.45) is 0 Å². The quantitative estimate of drug-likeness (QED) is 0.0852. The number of imidazole rings is 2. The number of aromatic nitrogens is 10. The lowest BCUT2D eigenvalue weighted by atomic mass is 9.82. The van der Waals surface area contributed by atoms with Crippen molar-refractivity contribution in [3.63, 3.8) is 0 Å². The summed E-state index contributed by atoms with van der Waals surface area (Å²) in [6.07, 6.45) is 17.6. The highest BCUT2D eigenvalue weighted by Crippen LogP contribution is 2.35. The number of halogens is 2. The molecule has 0 saturated carbocycles. The predicted octanol–water partition coefficient (Wildman–Crippen LogP) is 12.2. The number of allylic oxidation sites excluding steroid dienone is 2. The lowest BCUT2D eigenvalue weighted by Gasteiger charge is -2.20. The van der Waals surface area contributed by atoms with Crippen LogP contribution in [0, 0.1) is 13.8 Å². The van der Waals surface area contributed by atoms with Gasteiger partial charge in [-0.2, -0.15) is 9.97 Å². The van der Waals surface area contributed by atoms with Crippen LogP contribution in [-0.4, -0.2) is 54.8 Å². The Morgan fingerprint density at radius 1 is 0.514 bits per heavy atom. The molecule has 0 saturated heterocycles. The summed E-state index contributed by atoms with van der Waals surface area (Å²) in [6, 6.07) is 38.7. The molecule has 0 N–H and O–H groups in total. The van der Waals surface area contributed by atoms with Crippen molar-refractivity contribution in [3.8, 4) is 23.3 Å². The van der Waals surface area contributed by atoms with Crippen LogP contribution in [0.25, 0.3) is 34.5 Å². The highest BCUT2D eigenvalue weighted by atomic mass is 35.5. The van der Waals surface area contributed by atoms with Crippen molar-refractivity contribution in [1.29, 1.82) is 0 Å². The van der Waals surface area contributed by atoms with Crippen LogP contribution in [0.2, 0.25) is 10.3 Å². The summed E-state index contributed by atoms with van der Waals surface area (Å²) in [6.45, 7) is 5.07. The van der Waals surface area contributed by atoms with Gasteiger partial charge in [0.25, 0.3) is 11.8 Å². The van der Waals surface area contributed by atoms with Crippen molar-refractivity contribution in [2.75, 3.05) is 0 Å². The van der Waals surface area contributed by atoms with E-state index in [1.165, 1.54) is 12.7 Å². The van der Waals surface area contributed by atoms with E-state index in [-0.39, 0.29) is 5.78 Å². The average molecular weight is 962 g/mol. The highest BCUT2D eigenvalue weighted by Gasteiger charge is 2.27. The van der Waals surface area contributed by atoms with Crippen LogP contribution < -0.4 is 9.47 Å². The fraction of sp³-hybridized carbons (Fsp3) is 0.109. The molecule has 15 heteroatoms. The molecule has 0 fully saturated rings. The third-order valence-electron chi connectivity index (χ3n) is 11.7. The second-order valence-electron chi connectivity index (χ2n) is 16.7. The van der Waals surface area contributed by atoms with Crippen LogP contribution in [0.5, 0.6) is 23.3 Å². The molecule has 4 aromatic carbocycles. The number of ether oxygens (including phenoxy) is 2. The van der Waals surface area contributed by atoms with E-state index in [4.69, 9.17) is 32.7 Å². The Hall–Kier alpha value is -8.39. The van der Waals surface area contributed by atoms with Crippen LogP contribution in [0.1, 0.15) is 56.3 Å². The number of rotatable bonds is 16. The van der Waals surface area contributed by atoms with Gasteiger partial charge in [0.15, 0.2) is 28.1 Å². The first-order valence-electron chi connectivity index (χ1n) is 22.3. The molecule has 10 rings (SSSR count). The van der Waals surface area contributed by atoms with Gasteiger partial charge < -0.3 is 18.6 Å². The van der Waals surface area contributed by atoms with Gasteiger partial charge in [0, 0.05) is 12.4 Å². The Bertz CT molecular complexity index is 3250. The van der Waals surface area contributed by atoms with Crippen molar-refractivity contribution < 1.29 is 14.3 Å². The van der Waals surface area contributed by atoms with Crippen LogP contribution >= 0.6 is 23.2 Å². The second-order valence-corrected chi connectivity index (χ2v) is 17.4. The van der Waals surface area contributed by atoms with Gasteiger partial charge in [-0.25, -0.2) is 29.9 Å². The van der Waals surface area contributed by atoms with E-state index in [9.17, 15) is 0 Å². The number of nitrogens with zero attached hydrogens (tertiary/aromatic N) is 10. The van der Waals surface area contributed by atoms with Gasteiger partial charge in [0.05, 0.1) is 37.6 Å². The molecule has 0 spiro atoms. The van der Waals surface area contributed by atoms with E-state index in [0.717, 1.165) is 44.5 Å². The molecule has 0 aliphatic rings. The monoisotopic (exact) mass is 960 g/mol. The molecule has 2 atom stereocenters. The standard InChI is InChI=1S/C55H42Cl2N10O3/c1-35-3-7-37(8-4-35)11-23-45(41-15-19-43(20-16-41)69-54-49-52(60-31-62-54)66(33-64-49)29-39-13-25-47(56)58-27-39)51(68)46(24-12-38-9-5-36(2)6-10-38)42-17-21-44(22-18-42)70-55-50-53(61-32-63-55)67(34-65-50)30-40-14-26-48(57)59-28-40/h3-28,31-34,45-46H,29-30H2,1-2H3/b23-11+,24-12+. The van der Waals surface area contributed by atoms with Crippen LogP contribution in [0.15, 0.2) is 171 Å². The lowest BCUT2D eigenvalue weighted by Crippen LogP contribution is -2.18. The number of aryl methyl sites for hydroxylation is 2. The molecule has 13 nitrogen and oxygen atoms in total. The normalized spacial score (nSPS) is 12.5. The fourth-order valence-corrected chi connectivity index (χ4v) is 8.13. The maximum absolute atomic E-state index is 15.3. The number of pyridine rings is 2. The fourth-order valence-electron chi connectivity index (χ4n) is 7.91. The molecule has 0 radical (unpaired) electrons. The van der Waals surface area contributed by atoms with Gasteiger partial charge in [-0.05, 0) is 83.6 Å². The summed E-state index contributed by atoms with van der Waals surface area (Å²) in [5.41, 5.74) is 9.90. The first kappa shape index (κ1) is 45.4. The molecule has 10 aromatic rings. The molecule has 6 aromatic heterocycles. The zero-order valence-electron chi connectivity index (χ0n) is 37.8. The summed E-state index contributed by atoms with van der Waals surface area (Å²) >= 11 is 12.0. The molecule has 0 aliphatic carbocycles. The molecule has 70 heavy (non-hydrogen) atoms. The van der Waals surface area contributed by atoms with Crippen molar-refractivity contribution in [1.82, 2.24) is 49.0 Å². The van der Waals surface area contributed by atoms with Gasteiger partial charge >= 0.3 is 0 Å². The van der Waals surface area contributed by atoms with E-state index in [1.807, 2.05) is 132 Å². The van der Waals surface area contributed by atoms with Gasteiger partial charge in [-0.15, -0.1) is 0 Å². The van der Waals surface area contributed by atoms with E-state index >= 15 is 4.79 Å². The van der Waals surface area contributed by atoms with Crippen molar-refractivity contribution in [2.45, 2.75) is 38.8 Å². The number of ketones is 1. The smallest absolute Gasteiger partial charge is 0.250 e. The van der Waals surface area contributed by atoms with E-state index in [2.05, 4.69) is 64.1 Å². The SMILES string of the molecule is Cc1ccc(/C=C/C(C(=O)C(/C=C/c2ccc(C)cc2)c2ccc(Oc3ncnc4c3ncn4Cc3ccc(Cl)nc3)cc2)c2ccc(Oc3ncnc4c3ncn4Cc3ccc(Cl)nc3)cc2)cc1. The maximum atomic E-state index is 15.3. The van der Waals surface area contributed by atoms with Gasteiger partial charge in [-0.3, -0.25) is 4.79 Å². The van der Waals surface area contributed by atoms with Crippen LogP contribution in [-0.2, 0) is 17.9 Å². The molecule has 6 heterocycles. The summed E-state index contributed by atoms with van der Waals surface area (Å²) in [7, 11) is 0. The molecular formula is C55H42Cl2N10O3. The number of carbonyl (C=O) groups is 1. The third-order valence-corrected chi connectivity index (χ3v) is 12.1. The second kappa shape index (κ2) is 20.5. The van der Waals surface area contributed by atoms with Gasteiger partial charge in [0.1, 0.15) is 34.5 Å². The minimum Gasteiger partial charge on any atom is -0.437 e. The summed E-state index contributed by atoms with van der Waals surface area (Å²) in [4.78, 5) is 50.7. The number of carbonyl (C=O) groups excluding carboxylic acids is 1. The minimum absolute atomic E-state index is 0.0352. The largest absolute Gasteiger partial charge is 0.437 e. The Morgan fingerprint density at radius 2 is 0.929 bits per heavy atom. The lowest BCUT2D eigenvalue weighted by molar-refractivity contribution is -0.120. The van der Waals surface area contributed by atoms with E-state index < -0.39 is 11.8 Å². The summed E-state index contributed by atoms with van der Waals surface area (Å²) in [5.74, 6) is 0.298. The number of benzene rings is 4. The maximum Gasteiger partial charge on any atom is 0.250 e. The number of hydrogen-bond donors (Lipinski definition) is 0. The first-order valence-corrected chi connectivity index (χ1v) is 23.1. The van der Waals surface area contributed by atoms with Crippen LogP contribution in [0.3, 0.4) is 0 Å². The van der Waals surface area contributed by atoms with Crippen molar-refractivity contribution in [3.05, 3.63) is 226 Å². The van der Waals surface area contributed by atoms with Crippen LogP contribution in [0.4, 0.5) is 0 Å². The minimum atomic E-state index is -0.657. The predicted molar refractivity (Wildman–Crippen MR) is 271 cm³/mol. The molecule has 0 bridgehead atoms. The molecule has 344 valence electrons. The van der Waals surface area contributed by atoms with Gasteiger partial charge in [0.2, 0.25) is 0 Å². The number of fused-ring (bicyclic) bond motifs is 2. The Morgan fingerprint density at radius 3 is 1.31 bits per heavy atom. The third kappa shape index (κ3) is 10.5. The van der Waals surface area contributed by atoms with E-state index in [1.54, 1.807) is 37.2 Å².